The number of carbonyl (C=O) groups excluding carboxylic acids is 3. The SMILES string of the molecule is COc1cc2cc(c1Cl)N(C)C(=O)C[C@H](OC(=O)CCC[Si](C)(C)O)[C@@]1(C)CC(C)(O1)[C@@H]1C[C@@](O)(NC(=O)O1)[C@H](OC)/C=C/C=C(\C)C2. The number of hydrogen-bond donors (Lipinski definition) is 3. The van der Waals surface area contributed by atoms with Crippen molar-refractivity contribution in [1.29, 1.82) is 0 Å². The zero-order valence-electron chi connectivity index (χ0n) is 29.1. The average molecular weight is 709 g/mol. The summed E-state index contributed by atoms with van der Waals surface area (Å²) in [4.78, 5) is 51.5. The van der Waals surface area contributed by atoms with Crippen molar-refractivity contribution in [2.24, 2.45) is 0 Å². The molecule has 5 rings (SSSR count). The maximum absolute atomic E-state index is 13.9. The number of benzene rings is 1. The number of esters is 1. The molecule has 3 N–H and O–H groups in total. The van der Waals surface area contributed by atoms with Gasteiger partial charge in [0.2, 0.25) is 5.91 Å². The molecule has 6 bridgehead atoms. The van der Waals surface area contributed by atoms with Gasteiger partial charge in [0.1, 0.15) is 40.3 Å². The second-order valence-corrected chi connectivity index (χ2v) is 18.7. The summed E-state index contributed by atoms with van der Waals surface area (Å²) < 4.78 is 29.2. The van der Waals surface area contributed by atoms with Crippen LogP contribution in [0.3, 0.4) is 0 Å². The van der Waals surface area contributed by atoms with Crippen LogP contribution >= 0.6 is 11.6 Å². The van der Waals surface area contributed by atoms with Crippen molar-refractivity contribution in [1.82, 2.24) is 5.32 Å². The summed E-state index contributed by atoms with van der Waals surface area (Å²) >= 11 is 6.72. The number of halogens is 1. The second-order valence-electron chi connectivity index (χ2n) is 14.2. The van der Waals surface area contributed by atoms with Crippen LogP contribution in [-0.4, -0.2) is 92.7 Å². The van der Waals surface area contributed by atoms with Crippen LogP contribution in [0.15, 0.2) is 35.9 Å². The molecule has 266 valence electrons. The van der Waals surface area contributed by atoms with Gasteiger partial charge in [-0.15, -0.1) is 0 Å². The fourth-order valence-electron chi connectivity index (χ4n) is 6.78. The van der Waals surface area contributed by atoms with Gasteiger partial charge < -0.3 is 38.5 Å². The summed E-state index contributed by atoms with van der Waals surface area (Å²) in [5, 5.41) is 14.4. The number of fused-ring (bicyclic) bond motifs is 6. The number of hydrogen-bond acceptors (Lipinski definition) is 10. The minimum Gasteiger partial charge on any atom is -0.495 e. The lowest BCUT2D eigenvalue weighted by molar-refractivity contribution is -0.328. The van der Waals surface area contributed by atoms with Crippen LogP contribution in [0, 0.1) is 0 Å². The van der Waals surface area contributed by atoms with E-state index < -0.39 is 55.6 Å². The van der Waals surface area contributed by atoms with E-state index in [-0.39, 0.29) is 36.6 Å². The van der Waals surface area contributed by atoms with Crippen molar-refractivity contribution >= 4 is 43.6 Å². The third-order valence-electron chi connectivity index (χ3n) is 9.31. The molecule has 14 heteroatoms. The first-order valence-corrected chi connectivity index (χ1v) is 19.7. The Kier molecular flexibility index (Phi) is 11.4. The summed E-state index contributed by atoms with van der Waals surface area (Å²) in [5.41, 5.74) is -1.85. The number of methoxy groups -OCH3 is 2. The van der Waals surface area contributed by atoms with Gasteiger partial charge in [0.05, 0.1) is 19.2 Å². The predicted octanol–water partition coefficient (Wildman–Crippen LogP) is 4.79. The molecule has 1 aromatic rings. The molecule has 1 aromatic carbocycles. The number of aliphatic hydroxyl groups is 1. The van der Waals surface area contributed by atoms with Gasteiger partial charge >= 0.3 is 12.1 Å². The molecule has 2 amide bonds. The smallest absolute Gasteiger partial charge is 0.409 e. The van der Waals surface area contributed by atoms with E-state index in [2.05, 4.69) is 5.32 Å². The van der Waals surface area contributed by atoms with Crippen molar-refractivity contribution in [3.05, 3.63) is 46.5 Å². The monoisotopic (exact) mass is 708 g/mol. The number of anilines is 1. The lowest BCUT2D eigenvalue weighted by Crippen LogP contribution is -2.72. The molecular weight excluding hydrogens is 660 g/mol. The van der Waals surface area contributed by atoms with Crippen molar-refractivity contribution in [3.8, 4) is 5.75 Å². The highest BCUT2D eigenvalue weighted by atomic mass is 35.5. The molecule has 0 spiro atoms. The van der Waals surface area contributed by atoms with Crippen LogP contribution in [0.25, 0.3) is 0 Å². The Labute approximate surface area is 288 Å². The number of ether oxygens (including phenoxy) is 5. The molecule has 4 aliphatic heterocycles. The van der Waals surface area contributed by atoms with Gasteiger partial charge in [0.15, 0.2) is 14.0 Å². The van der Waals surface area contributed by atoms with E-state index in [1.807, 2.05) is 19.1 Å². The molecule has 2 saturated heterocycles. The minimum absolute atomic E-state index is 0.0616. The second kappa shape index (κ2) is 14.5. The summed E-state index contributed by atoms with van der Waals surface area (Å²) in [6.07, 6.45) is 2.53. The Morgan fingerprint density at radius 3 is 2.52 bits per heavy atom. The first-order valence-electron chi connectivity index (χ1n) is 16.1. The highest BCUT2D eigenvalue weighted by Crippen LogP contribution is 2.50. The van der Waals surface area contributed by atoms with E-state index in [1.54, 1.807) is 52.2 Å². The van der Waals surface area contributed by atoms with Crippen molar-refractivity contribution < 1.29 is 48.0 Å². The van der Waals surface area contributed by atoms with Gasteiger partial charge in [-0.05, 0) is 70.4 Å². The lowest BCUT2D eigenvalue weighted by Gasteiger charge is -2.59. The Hall–Kier alpha value is -2.94. The van der Waals surface area contributed by atoms with Crippen molar-refractivity contribution in [3.63, 3.8) is 0 Å². The number of amides is 2. The molecule has 4 heterocycles. The Balaban J connectivity index is 1.75. The van der Waals surface area contributed by atoms with Crippen LogP contribution < -0.4 is 15.0 Å². The average Bonchev–Trinajstić information content (AvgIpc) is 2.96. The molecule has 6 atom stereocenters. The molecule has 2 fully saturated rings. The Bertz CT molecular complexity index is 1450. The molecular formula is C34H49ClN2O10Si. The quantitative estimate of drug-likeness (QED) is 0.266. The van der Waals surface area contributed by atoms with Gasteiger partial charge in [-0.2, -0.15) is 0 Å². The molecule has 4 aliphatic rings. The molecule has 0 saturated carbocycles. The van der Waals surface area contributed by atoms with Gasteiger partial charge in [0, 0.05) is 33.4 Å². The number of alkyl carbamates (subject to hydrolysis) is 1. The summed E-state index contributed by atoms with van der Waals surface area (Å²) in [7, 11) is 2.17. The molecule has 0 aromatic heterocycles. The number of carbonyl (C=O) groups is 3. The maximum Gasteiger partial charge on any atom is 0.409 e. The minimum atomic E-state index is -2.37. The van der Waals surface area contributed by atoms with Gasteiger partial charge in [0.25, 0.3) is 0 Å². The predicted molar refractivity (Wildman–Crippen MR) is 183 cm³/mol. The normalized spacial score (nSPS) is 33.0. The lowest BCUT2D eigenvalue weighted by atomic mass is 9.72. The van der Waals surface area contributed by atoms with E-state index in [9.17, 15) is 24.3 Å². The number of rotatable bonds is 7. The number of allylic oxidation sites excluding steroid dienone is 3. The van der Waals surface area contributed by atoms with Crippen LogP contribution in [-0.2, 0) is 35.0 Å². The zero-order valence-corrected chi connectivity index (χ0v) is 30.8. The van der Waals surface area contributed by atoms with E-state index in [1.165, 1.54) is 19.1 Å². The Morgan fingerprint density at radius 2 is 1.90 bits per heavy atom. The van der Waals surface area contributed by atoms with Crippen LogP contribution in [0.1, 0.15) is 58.4 Å². The maximum atomic E-state index is 13.9. The van der Waals surface area contributed by atoms with Crippen LogP contribution in [0.4, 0.5) is 10.5 Å². The highest BCUT2D eigenvalue weighted by Gasteiger charge is 2.63. The fourth-order valence-corrected chi connectivity index (χ4v) is 8.14. The fraction of sp³-hybridized carbons (Fsp3) is 0.618. The summed E-state index contributed by atoms with van der Waals surface area (Å²) in [5.74, 6) is -0.507. The Morgan fingerprint density at radius 1 is 1.21 bits per heavy atom. The standard InChI is InChI=1S/C34H49ClN2O10Si/c1-21-11-9-12-25(44-6)34(41)19-27(46-31(40)36-34)33(3)20-32(2,47-33)26(45-29(39)13-10-14-48(7,8)42)18-28(38)37(4)23-16-22(15-21)17-24(43-5)30(23)35/h9,11-12,16-17,25-27,41-42H,10,13-15,18-20H2,1-8H3,(H,36,40)/b12-9+,21-11+/t25-,26+,27+,32-,33?,34+/m1/s1. The molecule has 12 nitrogen and oxygen atoms in total. The first kappa shape index (κ1) is 37.9. The van der Waals surface area contributed by atoms with Crippen LogP contribution in [0.5, 0.6) is 5.75 Å². The third-order valence-corrected chi connectivity index (χ3v) is 11.3. The van der Waals surface area contributed by atoms with Gasteiger partial charge in [-0.1, -0.05) is 35.4 Å². The van der Waals surface area contributed by atoms with Crippen molar-refractivity contribution in [2.45, 2.75) is 114 Å². The van der Waals surface area contributed by atoms with Gasteiger partial charge in [-0.25, -0.2) is 4.79 Å². The first-order chi connectivity index (χ1) is 22.3. The largest absolute Gasteiger partial charge is 0.495 e. The topological polar surface area (TPSA) is 153 Å². The van der Waals surface area contributed by atoms with E-state index in [4.69, 9.17) is 35.3 Å². The number of nitrogens with zero attached hydrogens (tertiary/aromatic N) is 1. The highest BCUT2D eigenvalue weighted by molar-refractivity contribution is 6.69. The summed E-state index contributed by atoms with van der Waals surface area (Å²) in [6, 6.07) is 4.14. The molecule has 0 aliphatic carbocycles. The van der Waals surface area contributed by atoms with E-state index in [0.29, 0.717) is 30.3 Å². The molecule has 48 heavy (non-hydrogen) atoms. The molecule has 1 unspecified atom stereocenters. The third kappa shape index (κ3) is 8.61. The summed E-state index contributed by atoms with van der Waals surface area (Å²) in [6.45, 7) is 9.03. The van der Waals surface area contributed by atoms with Crippen molar-refractivity contribution in [2.75, 3.05) is 26.2 Å². The molecule has 0 radical (unpaired) electrons. The van der Waals surface area contributed by atoms with Gasteiger partial charge in [-0.3, -0.25) is 14.9 Å². The van der Waals surface area contributed by atoms with E-state index in [0.717, 1.165) is 11.1 Å². The zero-order chi connectivity index (χ0) is 35.7. The number of nitrogens with one attached hydrogen (secondary N) is 1. The van der Waals surface area contributed by atoms with Crippen LogP contribution in [0.2, 0.25) is 24.2 Å². The van der Waals surface area contributed by atoms with E-state index >= 15 is 0 Å².